The highest BCUT2D eigenvalue weighted by atomic mass is 35.5. The lowest BCUT2D eigenvalue weighted by Crippen LogP contribution is -2.23. The van der Waals surface area contributed by atoms with Crippen molar-refractivity contribution in [2.75, 3.05) is 0 Å². The Hall–Kier alpha value is -2.26. The van der Waals surface area contributed by atoms with Crippen molar-refractivity contribution in [3.05, 3.63) is 52.3 Å². The summed E-state index contributed by atoms with van der Waals surface area (Å²) in [7, 11) is 0. The van der Waals surface area contributed by atoms with Crippen LogP contribution in [0.4, 0.5) is 18.0 Å². The maximum absolute atomic E-state index is 13.3. The van der Waals surface area contributed by atoms with E-state index in [1.54, 1.807) is 0 Å². The molecule has 0 unspecified atom stereocenters. The standard InChI is InChI=1S/C15H10ClF3N2O3S/c16-10-4-3-9(15(17,18)19)8(6-21-14(23)24)13(10)25-12-2-1-5-20-11(12)7-22/h1-5,7,21H,6H2,(H,23,24). The third kappa shape index (κ3) is 4.64. The molecule has 2 rings (SSSR count). The van der Waals surface area contributed by atoms with Crippen LogP contribution in [0.2, 0.25) is 5.02 Å². The van der Waals surface area contributed by atoms with Crippen LogP contribution in [0.15, 0.2) is 40.3 Å². The van der Waals surface area contributed by atoms with E-state index >= 15 is 0 Å². The molecule has 1 amide bonds. The van der Waals surface area contributed by atoms with Crippen LogP contribution < -0.4 is 5.32 Å². The quantitative estimate of drug-likeness (QED) is 0.735. The van der Waals surface area contributed by atoms with Gasteiger partial charge >= 0.3 is 12.3 Å². The van der Waals surface area contributed by atoms with Gasteiger partial charge in [-0.15, -0.1) is 0 Å². The minimum atomic E-state index is -4.70. The summed E-state index contributed by atoms with van der Waals surface area (Å²) < 4.78 is 39.8. The molecule has 10 heteroatoms. The van der Waals surface area contributed by atoms with Crippen LogP contribution in [-0.4, -0.2) is 22.5 Å². The Morgan fingerprint density at radius 1 is 1.36 bits per heavy atom. The number of rotatable bonds is 5. The number of alkyl halides is 3. The molecule has 0 saturated heterocycles. The van der Waals surface area contributed by atoms with Crippen molar-refractivity contribution < 1.29 is 27.9 Å². The van der Waals surface area contributed by atoms with E-state index in [9.17, 15) is 22.8 Å². The van der Waals surface area contributed by atoms with Crippen molar-refractivity contribution in [3.8, 4) is 0 Å². The van der Waals surface area contributed by atoms with Gasteiger partial charge in [-0.1, -0.05) is 23.4 Å². The molecule has 2 N–H and O–H groups in total. The second-order valence-electron chi connectivity index (χ2n) is 4.67. The fourth-order valence-electron chi connectivity index (χ4n) is 2.00. The van der Waals surface area contributed by atoms with Crippen molar-refractivity contribution in [2.24, 2.45) is 0 Å². The molecule has 0 atom stereocenters. The van der Waals surface area contributed by atoms with Crippen LogP contribution in [0.5, 0.6) is 0 Å². The highest BCUT2D eigenvalue weighted by molar-refractivity contribution is 7.99. The molecule has 0 aliphatic carbocycles. The van der Waals surface area contributed by atoms with Gasteiger partial charge in [0.05, 0.1) is 10.6 Å². The predicted molar refractivity (Wildman–Crippen MR) is 85.1 cm³/mol. The first-order chi connectivity index (χ1) is 11.7. The lowest BCUT2D eigenvalue weighted by atomic mass is 10.1. The van der Waals surface area contributed by atoms with Crippen molar-refractivity contribution in [2.45, 2.75) is 22.5 Å². The molecule has 1 aromatic heterocycles. The van der Waals surface area contributed by atoms with Crippen LogP contribution >= 0.6 is 23.4 Å². The van der Waals surface area contributed by atoms with Gasteiger partial charge in [-0.2, -0.15) is 13.2 Å². The molecule has 0 saturated carbocycles. The number of aromatic nitrogens is 1. The molecule has 0 bridgehead atoms. The van der Waals surface area contributed by atoms with Gasteiger partial charge in [0.2, 0.25) is 0 Å². The van der Waals surface area contributed by atoms with Crippen LogP contribution in [0.1, 0.15) is 21.6 Å². The van der Waals surface area contributed by atoms with Gasteiger partial charge < -0.3 is 10.4 Å². The first kappa shape index (κ1) is 19.1. The highest BCUT2D eigenvalue weighted by Gasteiger charge is 2.35. The minimum absolute atomic E-state index is 0.000825. The Morgan fingerprint density at radius 3 is 2.68 bits per heavy atom. The largest absolute Gasteiger partial charge is 0.465 e. The number of carbonyl (C=O) groups is 2. The lowest BCUT2D eigenvalue weighted by molar-refractivity contribution is -0.138. The van der Waals surface area contributed by atoms with E-state index < -0.39 is 24.4 Å². The van der Waals surface area contributed by atoms with Crippen LogP contribution in [0.3, 0.4) is 0 Å². The number of carboxylic acid groups (broad SMARTS) is 1. The van der Waals surface area contributed by atoms with E-state index in [-0.39, 0.29) is 21.2 Å². The molecule has 1 aromatic carbocycles. The number of nitrogens with one attached hydrogen (secondary N) is 1. The number of amides is 1. The molecule has 0 spiro atoms. The van der Waals surface area contributed by atoms with Gasteiger partial charge in [0, 0.05) is 22.5 Å². The normalized spacial score (nSPS) is 11.2. The van der Waals surface area contributed by atoms with E-state index in [2.05, 4.69) is 4.98 Å². The summed E-state index contributed by atoms with van der Waals surface area (Å²) in [5.41, 5.74) is -1.30. The number of carbonyl (C=O) groups excluding carboxylic acids is 1. The third-order valence-electron chi connectivity index (χ3n) is 3.06. The summed E-state index contributed by atoms with van der Waals surface area (Å²) in [6, 6.07) is 4.89. The van der Waals surface area contributed by atoms with Crippen molar-refractivity contribution >= 4 is 35.7 Å². The average Bonchev–Trinajstić information content (AvgIpc) is 2.54. The molecule has 25 heavy (non-hydrogen) atoms. The molecule has 0 fully saturated rings. The maximum atomic E-state index is 13.3. The molecular weight excluding hydrogens is 381 g/mol. The molecule has 0 aliphatic heterocycles. The summed E-state index contributed by atoms with van der Waals surface area (Å²) in [4.78, 5) is 25.9. The number of hydrogen-bond donors (Lipinski definition) is 2. The zero-order chi connectivity index (χ0) is 18.6. The lowest BCUT2D eigenvalue weighted by Gasteiger charge is -2.18. The zero-order valence-corrected chi connectivity index (χ0v) is 13.9. The van der Waals surface area contributed by atoms with Gasteiger partial charge in [-0.3, -0.25) is 9.78 Å². The summed E-state index contributed by atoms with van der Waals surface area (Å²) >= 11 is 6.86. The second kappa shape index (κ2) is 7.75. The van der Waals surface area contributed by atoms with Gasteiger partial charge in [0.15, 0.2) is 6.29 Å². The first-order valence-corrected chi connectivity index (χ1v) is 7.87. The van der Waals surface area contributed by atoms with E-state index in [4.69, 9.17) is 16.7 Å². The zero-order valence-electron chi connectivity index (χ0n) is 12.3. The van der Waals surface area contributed by atoms with E-state index in [0.717, 1.165) is 23.9 Å². The highest BCUT2D eigenvalue weighted by Crippen LogP contribution is 2.42. The maximum Gasteiger partial charge on any atom is 0.416 e. The molecule has 5 nitrogen and oxygen atoms in total. The number of nitrogens with zero attached hydrogens (tertiary/aromatic N) is 1. The summed E-state index contributed by atoms with van der Waals surface area (Å²) in [5.74, 6) is 0. The smallest absolute Gasteiger partial charge is 0.416 e. The SMILES string of the molecule is O=Cc1ncccc1Sc1c(Cl)ccc(C(F)(F)F)c1CNC(=O)O. The molecule has 2 aromatic rings. The van der Waals surface area contributed by atoms with Crippen molar-refractivity contribution in [1.29, 1.82) is 0 Å². The number of pyridine rings is 1. The van der Waals surface area contributed by atoms with Gasteiger partial charge in [-0.25, -0.2) is 4.79 Å². The molecule has 0 radical (unpaired) electrons. The van der Waals surface area contributed by atoms with Crippen molar-refractivity contribution in [3.63, 3.8) is 0 Å². The van der Waals surface area contributed by atoms with Crippen molar-refractivity contribution in [1.82, 2.24) is 10.3 Å². The number of aldehydes is 1. The minimum Gasteiger partial charge on any atom is -0.465 e. The Balaban J connectivity index is 2.58. The number of halogens is 4. The van der Waals surface area contributed by atoms with E-state index in [1.165, 1.54) is 18.3 Å². The van der Waals surface area contributed by atoms with Gasteiger partial charge in [0.1, 0.15) is 5.69 Å². The summed E-state index contributed by atoms with van der Waals surface area (Å²) in [6.07, 6.45) is -4.33. The second-order valence-corrected chi connectivity index (χ2v) is 6.13. The van der Waals surface area contributed by atoms with Gasteiger partial charge in [0.25, 0.3) is 0 Å². The Labute approximate surface area is 149 Å². The van der Waals surface area contributed by atoms with E-state index in [0.29, 0.717) is 11.2 Å². The third-order valence-corrected chi connectivity index (χ3v) is 4.72. The molecule has 0 aliphatic rings. The van der Waals surface area contributed by atoms with Gasteiger partial charge in [-0.05, 0) is 29.8 Å². The van der Waals surface area contributed by atoms with E-state index in [1.807, 2.05) is 5.32 Å². The number of hydrogen-bond acceptors (Lipinski definition) is 4. The van der Waals surface area contributed by atoms with Crippen LogP contribution in [0, 0.1) is 0 Å². The monoisotopic (exact) mass is 390 g/mol. The Morgan fingerprint density at radius 2 is 2.08 bits per heavy atom. The summed E-state index contributed by atoms with van der Waals surface area (Å²) in [5, 5.41) is 10.6. The fraction of sp³-hybridized carbons (Fsp3) is 0.133. The Kier molecular flexibility index (Phi) is 5.91. The molecule has 132 valence electrons. The average molecular weight is 391 g/mol. The topological polar surface area (TPSA) is 79.3 Å². The number of benzene rings is 1. The predicted octanol–water partition coefficient (Wildman–Crippen LogP) is 4.49. The fourth-order valence-corrected chi connectivity index (χ4v) is 3.34. The van der Waals surface area contributed by atoms with Crippen LogP contribution in [-0.2, 0) is 12.7 Å². The van der Waals surface area contributed by atoms with Crippen LogP contribution in [0.25, 0.3) is 0 Å². The molecular formula is C15H10ClF3N2O3S. The molecule has 1 heterocycles. The first-order valence-electron chi connectivity index (χ1n) is 6.67. The Bertz CT molecular complexity index is 815. The summed E-state index contributed by atoms with van der Waals surface area (Å²) in [6.45, 7) is -0.593.